The van der Waals surface area contributed by atoms with Crippen LogP contribution in [0.15, 0.2) is 108 Å². The summed E-state index contributed by atoms with van der Waals surface area (Å²) in [6.07, 6.45) is 0.465. The molecule has 220 valence electrons. The van der Waals surface area contributed by atoms with Crippen molar-refractivity contribution < 1.29 is 27.5 Å². The molecule has 1 atom stereocenters. The Morgan fingerprint density at radius 2 is 1.56 bits per heavy atom. The van der Waals surface area contributed by atoms with E-state index in [0.29, 0.717) is 48.8 Å². The molecule has 4 aromatic rings. The van der Waals surface area contributed by atoms with Gasteiger partial charge in [0, 0.05) is 13.1 Å². The molecule has 1 N–H and O–H groups in total. The highest BCUT2D eigenvalue weighted by Crippen LogP contribution is 2.34. The summed E-state index contributed by atoms with van der Waals surface area (Å²) >= 11 is 0. The normalized spacial score (nSPS) is 15.7. The number of hydrogen-bond donors (Lipinski definition) is 1. The molecule has 2 aliphatic rings. The number of fused-ring (bicyclic) bond motifs is 2. The van der Waals surface area contributed by atoms with Gasteiger partial charge in [0.25, 0.3) is 21.8 Å². The highest BCUT2D eigenvalue weighted by atomic mass is 32.2. The number of rotatable bonds is 9. The van der Waals surface area contributed by atoms with Crippen LogP contribution in [0.2, 0.25) is 0 Å². The van der Waals surface area contributed by atoms with Crippen molar-refractivity contribution in [3.63, 3.8) is 0 Å². The van der Waals surface area contributed by atoms with Crippen molar-refractivity contribution in [2.45, 2.75) is 23.8 Å². The number of hydrogen-bond acceptors (Lipinski definition) is 6. The van der Waals surface area contributed by atoms with E-state index in [0.717, 1.165) is 11.1 Å². The second-order valence-corrected chi connectivity index (χ2v) is 12.2. The minimum atomic E-state index is -3.74. The summed E-state index contributed by atoms with van der Waals surface area (Å²) < 4.78 is 39.7. The molecule has 9 nitrogen and oxygen atoms in total. The highest BCUT2D eigenvalue weighted by molar-refractivity contribution is 7.92. The molecule has 2 heterocycles. The third-order valence-electron chi connectivity index (χ3n) is 7.54. The fraction of sp³-hybridized carbons (Fsp3) is 0.212. The Morgan fingerprint density at radius 1 is 0.860 bits per heavy atom. The van der Waals surface area contributed by atoms with Gasteiger partial charge in [0.2, 0.25) is 0 Å². The lowest BCUT2D eigenvalue weighted by molar-refractivity contribution is -0.128. The van der Waals surface area contributed by atoms with E-state index < -0.39 is 16.1 Å². The molecule has 0 bridgehead atoms. The van der Waals surface area contributed by atoms with Crippen molar-refractivity contribution in [3.05, 3.63) is 114 Å². The lowest BCUT2D eigenvalue weighted by Crippen LogP contribution is -2.52. The van der Waals surface area contributed by atoms with Gasteiger partial charge in [-0.15, -0.1) is 0 Å². The van der Waals surface area contributed by atoms with Gasteiger partial charge < -0.3 is 19.7 Å². The first kappa shape index (κ1) is 28.3. The first-order valence-electron chi connectivity index (χ1n) is 14.1. The maximum absolute atomic E-state index is 13.3. The second-order valence-electron chi connectivity index (χ2n) is 10.3. The number of carbonyl (C=O) groups is 2. The lowest BCUT2D eigenvalue weighted by Gasteiger charge is -2.34. The van der Waals surface area contributed by atoms with Crippen LogP contribution in [0, 0.1) is 0 Å². The minimum Gasteiger partial charge on any atom is -0.484 e. The van der Waals surface area contributed by atoms with Crippen LogP contribution in [0.3, 0.4) is 0 Å². The van der Waals surface area contributed by atoms with Gasteiger partial charge in [-0.3, -0.25) is 13.9 Å². The molecule has 0 aliphatic carbocycles. The van der Waals surface area contributed by atoms with E-state index in [1.54, 1.807) is 36.4 Å². The predicted molar refractivity (Wildman–Crippen MR) is 163 cm³/mol. The van der Waals surface area contributed by atoms with Crippen LogP contribution in [0.5, 0.6) is 11.5 Å². The molecule has 2 aliphatic heterocycles. The molecule has 0 saturated heterocycles. The predicted octanol–water partition coefficient (Wildman–Crippen LogP) is 3.97. The van der Waals surface area contributed by atoms with Gasteiger partial charge in [-0.1, -0.05) is 60.7 Å². The molecule has 0 spiro atoms. The lowest BCUT2D eigenvalue weighted by atomic mass is 10.1. The fourth-order valence-corrected chi connectivity index (χ4v) is 6.81. The first-order valence-corrected chi connectivity index (χ1v) is 15.6. The van der Waals surface area contributed by atoms with Crippen molar-refractivity contribution in [1.82, 2.24) is 5.32 Å². The van der Waals surface area contributed by atoms with Crippen LogP contribution in [0.4, 0.5) is 11.4 Å². The molecule has 6 rings (SSSR count). The second kappa shape index (κ2) is 12.2. The van der Waals surface area contributed by atoms with Crippen LogP contribution >= 0.6 is 0 Å². The van der Waals surface area contributed by atoms with Gasteiger partial charge in [0.15, 0.2) is 12.7 Å². The van der Waals surface area contributed by atoms with Crippen LogP contribution in [0.1, 0.15) is 11.1 Å². The number of carbonyl (C=O) groups excluding carboxylic acids is 2. The van der Waals surface area contributed by atoms with Gasteiger partial charge in [-0.25, -0.2) is 8.42 Å². The molecular weight excluding hydrogens is 566 g/mol. The molecule has 0 saturated carbocycles. The summed E-state index contributed by atoms with van der Waals surface area (Å²) in [5, 5.41) is 2.91. The maximum atomic E-state index is 13.3. The number of nitrogens with one attached hydrogen (secondary N) is 1. The Labute approximate surface area is 250 Å². The molecule has 2 amide bonds. The maximum Gasteiger partial charge on any atom is 0.265 e. The van der Waals surface area contributed by atoms with Crippen LogP contribution in [-0.2, 0) is 32.5 Å². The van der Waals surface area contributed by atoms with Gasteiger partial charge in [-0.05, 0) is 66.4 Å². The number of para-hydroxylation sites is 3. The Morgan fingerprint density at radius 3 is 2.35 bits per heavy atom. The van der Waals surface area contributed by atoms with Crippen LogP contribution in [-0.4, -0.2) is 52.6 Å². The van der Waals surface area contributed by atoms with Crippen LogP contribution in [0.25, 0.3) is 0 Å². The number of ether oxygens (including phenoxy) is 2. The van der Waals surface area contributed by atoms with Crippen molar-refractivity contribution in [3.8, 4) is 11.5 Å². The summed E-state index contributed by atoms with van der Waals surface area (Å²) in [6, 6.07) is 30.4. The zero-order valence-corrected chi connectivity index (χ0v) is 24.2. The average molecular weight is 598 g/mol. The molecule has 0 unspecified atom stereocenters. The SMILES string of the molecule is O=C(NCCc1ccccc1)[C@H]1CN(C(=O)COc2ccc(S(=O)(=O)N3CCc4ccccc43)cc2)c2ccccc2O1. The van der Waals surface area contributed by atoms with E-state index in [4.69, 9.17) is 9.47 Å². The van der Waals surface area contributed by atoms with E-state index in [1.807, 2.05) is 54.6 Å². The quantitative estimate of drug-likeness (QED) is 0.313. The van der Waals surface area contributed by atoms with Gasteiger partial charge in [0.05, 0.1) is 22.8 Å². The number of amides is 2. The Bertz CT molecular complexity index is 1730. The van der Waals surface area contributed by atoms with E-state index >= 15 is 0 Å². The van der Waals surface area contributed by atoms with Crippen molar-refractivity contribution in [2.75, 3.05) is 35.4 Å². The summed E-state index contributed by atoms with van der Waals surface area (Å²) in [5.41, 5.74) is 3.36. The molecule has 0 aromatic heterocycles. The van der Waals surface area contributed by atoms with E-state index in [9.17, 15) is 18.0 Å². The third-order valence-corrected chi connectivity index (χ3v) is 9.37. The molecule has 43 heavy (non-hydrogen) atoms. The van der Waals surface area contributed by atoms with E-state index in [-0.39, 0.29) is 29.9 Å². The van der Waals surface area contributed by atoms with Crippen molar-refractivity contribution in [2.24, 2.45) is 0 Å². The van der Waals surface area contributed by atoms with E-state index in [2.05, 4.69) is 5.32 Å². The smallest absolute Gasteiger partial charge is 0.265 e. The van der Waals surface area contributed by atoms with Crippen molar-refractivity contribution >= 4 is 33.2 Å². The number of sulfonamides is 1. The minimum absolute atomic E-state index is 0.0326. The zero-order valence-electron chi connectivity index (χ0n) is 23.4. The van der Waals surface area contributed by atoms with E-state index in [1.165, 1.54) is 21.3 Å². The average Bonchev–Trinajstić information content (AvgIpc) is 3.49. The number of nitrogens with zero attached hydrogens (tertiary/aromatic N) is 2. The summed E-state index contributed by atoms with van der Waals surface area (Å²) in [6.45, 7) is 0.562. The molecule has 0 fully saturated rings. The Balaban J connectivity index is 1.08. The number of anilines is 2. The standard InChI is InChI=1S/C33H31N3O6S/c37-32(23-41-26-14-16-27(17-15-26)43(39,40)36-21-19-25-10-4-5-11-28(25)36)35-22-31(42-30-13-7-6-12-29(30)35)33(38)34-20-18-24-8-2-1-3-9-24/h1-17,31H,18-23H2,(H,34,38)/t31-/m1/s1. The largest absolute Gasteiger partial charge is 0.484 e. The zero-order chi connectivity index (χ0) is 29.8. The molecule has 10 heteroatoms. The molecule has 0 radical (unpaired) electrons. The highest BCUT2D eigenvalue weighted by Gasteiger charge is 2.34. The third kappa shape index (κ3) is 6.05. The first-order chi connectivity index (χ1) is 20.9. The fourth-order valence-electron chi connectivity index (χ4n) is 5.31. The number of benzene rings is 4. The van der Waals surface area contributed by atoms with Gasteiger partial charge in [-0.2, -0.15) is 0 Å². The Kier molecular flexibility index (Phi) is 8.02. The van der Waals surface area contributed by atoms with Gasteiger partial charge >= 0.3 is 0 Å². The Hall–Kier alpha value is -4.83. The van der Waals surface area contributed by atoms with Gasteiger partial charge in [0.1, 0.15) is 11.5 Å². The van der Waals surface area contributed by atoms with Crippen LogP contribution < -0.4 is 24.0 Å². The summed E-state index contributed by atoms with van der Waals surface area (Å²) in [5.74, 6) is 0.124. The monoisotopic (exact) mass is 597 g/mol. The molecular formula is C33H31N3O6S. The topological polar surface area (TPSA) is 105 Å². The summed E-state index contributed by atoms with van der Waals surface area (Å²) in [7, 11) is -3.74. The van der Waals surface area contributed by atoms with Crippen molar-refractivity contribution in [1.29, 1.82) is 0 Å². The summed E-state index contributed by atoms with van der Waals surface area (Å²) in [4.78, 5) is 27.9. The molecule has 4 aromatic carbocycles.